The lowest BCUT2D eigenvalue weighted by Crippen LogP contribution is -2.61. The number of hydrogen-bond acceptors (Lipinski definition) is 5. The predicted molar refractivity (Wildman–Crippen MR) is 108 cm³/mol. The van der Waals surface area contributed by atoms with Crippen molar-refractivity contribution in [1.29, 1.82) is 0 Å². The van der Waals surface area contributed by atoms with E-state index in [1.165, 1.54) is 13.0 Å². The number of nitrogens with zero attached hydrogens (tertiary/aromatic N) is 1. The second kappa shape index (κ2) is 10.1. The standard InChI is InChI=1S/C21H29N3O5/c1-13(2)12-24(10-9-15-7-5-4-6-8-15)20(26)19-18(23-14(3)25)16(22)11-17(29-19)21(27)28/h4-8,11,13,16,18-19H,9-10,12,22H2,1-3H3,(H,23,25)(H,27,28)/t16-,18+,19+/m0/s1. The quantitative estimate of drug-likeness (QED) is 0.593. The van der Waals surface area contributed by atoms with Crippen LogP contribution in [0.2, 0.25) is 0 Å². The van der Waals surface area contributed by atoms with Gasteiger partial charge in [-0.3, -0.25) is 9.59 Å². The van der Waals surface area contributed by atoms with Crippen molar-refractivity contribution >= 4 is 17.8 Å². The van der Waals surface area contributed by atoms with E-state index in [9.17, 15) is 19.5 Å². The van der Waals surface area contributed by atoms with Crippen LogP contribution in [0.15, 0.2) is 42.2 Å². The topological polar surface area (TPSA) is 122 Å². The Kier molecular flexibility index (Phi) is 7.78. The highest BCUT2D eigenvalue weighted by atomic mass is 16.5. The van der Waals surface area contributed by atoms with Gasteiger partial charge in [0.1, 0.15) is 0 Å². The zero-order chi connectivity index (χ0) is 21.6. The summed E-state index contributed by atoms with van der Waals surface area (Å²) in [6.45, 7) is 6.20. The van der Waals surface area contributed by atoms with Crippen molar-refractivity contribution in [3.05, 3.63) is 47.7 Å². The molecule has 0 aliphatic carbocycles. The average molecular weight is 403 g/mol. The monoisotopic (exact) mass is 403 g/mol. The summed E-state index contributed by atoms with van der Waals surface area (Å²) in [4.78, 5) is 38.0. The number of rotatable bonds is 8. The molecule has 0 saturated heterocycles. The number of amides is 2. The number of aliphatic carboxylic acids is 1. The van der Waals surface area contributed by atoms with Crippen LogP contribution in [-0.2, 0) is 25.5 Å². The molecule has 1 aliphatic heterocycles. The summed E-state index contributed by atoms with van der Waals surface area (Å²) in [5.74, 6) is -2.26. The number of nitrogens with two attached hydrogens (primary N) is 1. The van der Waals surface area contributed by atoms with E-state index in [2.05, 4.69) is 5.32 Å². The molecule has 1 heterocycles. The zero-order valence-electron chi connectivity index (χ0n) is 17.0. The molecule has 2 rings (SSSR count). The van der Waals surface area contributed by atoms with Crippen LogP contribution < -0.4 is 11.1 Å². The number of ether oxygens (including phenoxy) is 1. The fourth-order valence-corrected chi connectivity index (χ4v) is 3.28. The molecule has 1 aromatic rings. The van der Waals surface area contributed by atoms with Crippen LogP contribution >= 0.6 is 0 Å². The van der Waals surface area contributed by atoms with Gasteiger partial charge < -0.3 is 25.8 Å². The summed E-state index contributed by atoms with van der Waals surface area (Å²) in [6, 6.07) is 8.05. The second-order valence-corrected chi connectivity index (χ2v) is 7.59. The lowest BCUT2D eigenvalue weighted by Gasteiger charge is -2.37. The highest BCUT2D eigenvalue weighted by Gasteiger charge is 2.42. The Bertz CT molecular complexity index is 763. The van der Waals surface area contributed by atoms with Gasteiger partial charge in [0.2, 0.25) is 11.7 Å². The van der Waals surface area contributed by atoms with Crippen LogP contribution in [0.4, 0.5) is 0 Å². The highest BCUT2D eigenvalue weighted by Crippen LogP contribution is 2.20. The first kappa shape index (κ1) is 22.4. The SMILES string of the molecule is CC(=O)N[C@@H]1[C@@H](N)C=C(C(=O)O)O[C@H]1C(=O)N(CCc1ccccc1)CC(C)C. The van der Waals surface area contributed by atoms with Gasteiger partial charge in [-0.15, -0.1) is 0 Å². The Hall–Kier alpha value is -2.87. The normalized spacial score (nSPS) is 21.1. The molecule has 8 nitrogen and oxygen atoms in total. The fraction of sp³-hybridized carbons (Fsp3) is 0.476. The molecule has 1 aromatic carbocycles. The Balaban J connectivity index is 2.25. The van der Waals surface area contributed by atoms with E-state index in [4.69, 9.17) is 10.5 Å². The van der Waals surface area contributed by atoms with E-state index in [1.807, 2.05) is 44.2 Å². The molecule has 0 spiro atoms. The molecule has 3 atom stereocenters. The molecule has 0 fully saturated rings. The van der Waals surface area contributed by atoms with Crippen molar-refractivity contribution in [3.63, 3.8) is 0 Å². The Morgan fingerprint density at radius 2 is 1.90 bits per heavy atom. The molecule has 2 amide bonds. The predicted octanol–water partition coefficient (Wildman–Crippen LogP) is 0.913. The van der Waals surface area contributed by atoms with Gasteiger partial charge in [-0.25, -0.2) is 4.79 Å². The summed E-state index contributed by atoms with van der Waals surface area (Å²) in [6.07, 6.45) is 0.646. The number of carbonyl (C=O) groups is 3. The summed E-state index contributed by atoms with van der Waals surface area (Å²) < 4.78 is 5.48. The van der Waals surface area contributed by atoms with Crippen molar-refractivity contribution in [2.24, 2.45) is 11.7 Å². The van der Waals surface area contributed by atoms with Crippen molar-refractivity contribution in [3.8, 4) is 0 Å². The molecule has 0 bridgehead atoms. The molecule has 0 saturated carbocycles. The minimum absolute atomic E-state index is 0.195. The molecule has 8 heteroatoms. The molecule has 0 radical (unpaired) electrons. The van der Waals surface area contributed by atoms with E-state index < -0.39 is 30.1 Å². The molecular formula is C21H29N3O5. The minimum Gasteiger partial charge on any atom is -0.475 e. The Morgan fingerprint density at radius 3 is 2.45 bits per heavy atom. The number of carboxylic acids is 1. The minimum atomic E-state index is -1.31. The van der Waals surface area contributed by atoms with Gasteiger partial charge in [-0.1, -0.05) is 44.2 Å². The number of hydrogen-bond donors (Lipinski definition) is 3. The first-order valence-corrected chi connectivity index (χ1v) is 9.66. The van der Waals surface area contributed by atoms with E-state index >= 15 is 0 Å². The Labute approximate surface area is 170 Å². The van der Waals surface area contributed by atoms with Crippen LogP contribution in [-0.4, -0.2) is 59.1 Å². The van der Waals surface area contributed by atoms with Crippen LogP contribution in [0.1, 0.15) is 26.3 Å². The molecule has 1 aliphatic rings. The molecule has 4 N–H and O–H groups in total. The summed E-state index contributed by atoms with van der Waals surface area (Å²) >= 11 is 0. The van der Waals surface area contributed by atoms with Crippen molar-refractivity contribution < 1.29 is 24.2 Å². The smallest absolute Gasteiger partial charge is 0.370 e. The molecular weight excluding hydrogens is 374 g/mol. The number of carbonyl (C=O) groups excluding carboxylic acids is 2. The van der Waals surface area contributed by atoms with E-state index in [-0.39, 0.29) is 17.6 Å². The third-order valence-corrected chi connectivity index (χ3v) is 4.57. The van der Waals surface area contributed by atoms with Crippen LogP contribution in [0.5, 0.6) is 0 Å². The molecule has 0 aromatic heterocycles. The van der Waals surface area contributed by atoms with E-state index in [1.54, 1.807) is 4.90 Å². The lowest BCUT2D eigenvalue weighted by molar-refractivity contribution is -0.149. The van der Waals surface area contributed by atoms with Gasteiger partial charge in [0, 0.05) is 20.0 Å². The second-order valence-electron chi connectivity index (χ2n) is 7.59. The third-order valence-electron chi connectivity index (χ3n) is 4.57. The van der Waals surface area contributed by atoms with Crippen molar-refractivity contribution in [1.82, 2.24) is 10.2 Å². The van der Waals surface area contributed by atoms with Crippen LogP contribution in [0.25, 0.3) is 0 Å². The fourth-order valence-electron chi connectivity index (χ4n) is 3.28. The number of nitrogens with one attached hydrogen (secondary N) is 1. The van der Waals surface area contributed by atoms with Crippen LogP contribution in [0.3, 0.4) is 0 Å². The largest absolute Gasteiger partial charge is 0.475 e. The maximum Gasteiger partial charge on any atom is 0.370 e. The van der Waals surface area contributed by atoms with Gasteiger partial charge in [-0.2, -0.15) is 0 Å². The average Bonchev–Trinajstić information content (AvgIpc) is 2.66. The first-order chi connectivity index (χ1) is 13.7. The Morgan fingerprint density at radius 1 is 1.24 bits per heavy atom. The van der Waals surface area contributed by atoms with E-state index in [0.717, 1.165) is 5.56 Å². The zero-order valence-corrected chi connectivity index (χ0v) is 17.0. The van der Waals surface area contributed by atoms with Crippen molar-refractivity contribution in [2.75, 3.05) is 13.1 Å². The molecule has 158 valence electrons. The maximum atomic E-state index is 13.3. The van der Waals surface area contributed by atoms with Gasteiger partial charge >= 0.3 is 5.97 Å². The summed E-state index contributed by atoms with van der Waals surface area (Å²) in [5, 5.41) is 11.9. The van der Waals surface area contributed by atoms with Gasteiger partial charge in [0.05, 0.1) is 12.1 Å². The lowest BCUT2D eigenvalue weighted by atomic mass is 9.97. The summed E-state index contributed by atoms with van der Waals surface area (Å²) in [5.41, 5.74) is 7.13. The van der Waals surface area contributed by atoms with Crippen LogP contribution in [0, 0.1) is 5.92 Å². The number of carboxylic acid groups (broad SMARTS) is 1. The first-order valence-electron chi connectivity index (χ1n) is 9.66. The molecule has 0 unspecified atom stereocenters. The van der Waals surface area contributed by atoms with Crippen molar-refractivity contribution in [2.45, 2.75) is 45.4 Å². The summed E-state index contributed by atoms with van der Waals surface area (Å²) in [7, 11) is 0. The third kappa shape index (κ3) is 6.32. The highest BCUT2D eigenvalue weighted by molar-refractivity contribution is 5.88. The number of benzene rings is 1. The van der Waals surface area contributed by atoms with Gasteiger partial charge in [-0.05, 0) is 24.0 Å². The molecule has 29 heavy (non-hydrogen) atoms. The van der Waals surface area contributed by atoms with Gasteiger partial charge in [0.25, 0.3) is 5.91 Å². The van der Waals surface area contributed by atoms with Gasteiger partial charge in [0.15, 0.2) is 6.10 Å². The maximum absolute atomic E-state index is 13.3. The van der Waals surface area contributed by atoms with E-state index in [0.29, 0.717) is 19.5 Å².